The number of hydrogen-bond donors (Lipinski definition) is 0. The van der Waals surface area contributed by atoms with Crippen LogP contribution >= 0.6 is 0 Å². The minimum absolute atomic E-state index is 0. The van der Waals surface area contributed by atoms with Crippen LogP contribution in [0.25, 0.3) is 0 Å². The van der Waals surface area contributed by atoms with E-state index in [-0.39, 0.29) is 129 Å². The molecule has 0 atom stereocenters. The minimum atomic E-state index is -4.64. The second-order valence-electron chi connectivity index (χ2n) is 0.247. The molecule has 0 saturated carbocycles. The molecule has 0 aromatic carbocycles. The average molecular weight is 296 g/mol. The Morgan fingerprint density at radius 1 is 1.12 bits per heavy atom. The molecule has 0 heterocycles. The first-order valence-electron chi connectivity index (χ1n) is 0.655. The second kappa shape index (κ2) is 22.5. The molecule has 0 aliphatic rings. The van der Waals surface area contributed by atoms with Crippen LogP contribution in [-0.2, 0) is 0 Å². The smallest absolute Gasteiger partial charge is 1.00 e. The van der Waals surface area contributed by atoms with Crippen molar-refractivity contribution in [3.8, 4) is 0 Å². The summed E-state index contributed by atoms with van der Waals surface area (Å²) in [6.45, 7) is 0. The second-order valence-corrected chi connectivity index (χ2v) is 0.742. The van der Waals surface area contributed by atoms with Gasteiger partial charge in [-0.2, -0.15) is 0 Å². The number of hydrogen-bond acceptors (Lipinski definition) is 0. The molecule has 0 unspecified atom stereocenters. The Balaban J connectivity index is -0.00000000125. The Morgan fingerprint density at radius 2 is 1.12 bits per heavy atom. The largest absolute Gasteiger partial charge is 2.00 e. The molecular formula is H8AlCaF3GaLiSr. The zero-order valence-corrected chi connectivity index (χ0v) is 11.0. The molecule has 0 bridgehead atoms. The summed E-state index contributed by atoms with van der Waals surface area (Å²) in [7, 11) is 0. The molecule has 40 valence electrons. The van der Waals surface area contributed by atoms with Gasteiger partial charge >= 0.3 is 137 Å². The Morgan fingerprint density at radius 3 is 1.12 bits per heavy atom. The molecule has 8 heavy (non-hydrogen) atoms. The maximum Gasteiger partial charge on any atom is 2.00 e. The van der Waals surface area contributed by atoms with Crippen LogP contribution in [0, 0.1) is 0 Å². The number of rotatable bonds is 0. The van der Waals surface area contributed by atoms with Gasteiger partial charge in [-0.15, -0.1) is 0 Å². The van der Waals surface area contributed by atoms with Gasteiger partial charge in [-0.3, -0.25) is 0 Å². The van der Waals surface area contributed by atoms with Crippen molar-refractivity contribution in [2.75, 3.05) is 0 Å². The third-order valence-electron chi connectivity index (χ3n) is 0. The van der Waals surface area contributed by atoms with E-state index in [0.717, 1.165) is 0 Å². The van der Waals surface area contributed by atoms with Gasteiger partial charge in [0.25, 0.3) is 0 Å². The van der Waals surface area contributed by atoms with Gasteiger partial charge in [-0.1, -0.05) is 0 Å². The third-order valence-corrected chi connectivity index (χ3v) is 0. The average Bonchev–Trinajstić information content (AvgIpc) is 0.811. The summed E-state index contributed by atoms with van der Waals surface area (Å²) < 4.78 is 29.4. The van der Waals surface area contributed by atoms with Gasteiger partial charge in [-0.05, 0) is 0 Å². The van der Waals surface area contributed by atoms with Gasteiger partial charge < -0.3 is 17.7 Å². The summed E-state index contributed by atoms with van der Waals surface area (Å²) in [4.78, 5) is 0. The number of halogens is 3. The standard InChI is InChI=1S/Al.Ca.3FH.Ga.Li.Sr.8H/h;;3*1H;;;;;;;;;;;/q+3;+2;;;;;+1;+2;;;;5*-1/p-3. The summed E-state index contributed by atoms with van der Waals surface area (Å²) in [5.74, 6) is 0. The van der Waals surface area contributed by atoms with Crippen LogP contribution in [0.3, 0.4) is 0 Å². The quantitative estimate of drug-likeness (QED) is 0.407. The van der Waals surface area contributed by atoms with Crippen LogP contribution in [0.1, 0.15) is 7.13 Å². The molecule has 0 nitrogen and oxygen atoms in total. The van der Waals surface area contributed by atoms with E-state index < -0.39 is 15.5 Å². The van der Waals surface area contributed by atoms with Crippen LogP contribution < -0.4 is 18.9 Å². The molecule has 0 radical (unpaired) electrons. The van der Waals surface area contributed by atoms with Crippen LogP contribution in [-0.4, -0.2) is 119 Å². The van der Waals surface area contributed by atoms with E-state index in [1.54, 1.807) is 0 Å². The van der Waals surface area contributed by atoms with Gasteiger partial charge in [-0.25, -0.2) is 0 Å². The molecule has 0 spiro atoms. The summed E-state index contributed by atoms with van der Waals surface area (Å²) in [5, 5.41) is 0. The monoisotopic (exact) mass is 296 g/mol. The Kier molecular flexibility index (Phi) is 82.9. The topological polar surface area (TPSA) is 0 Å². The maximum atomic E-state index is 9.81. The minimum Gasteiger partial charge on any atom is -1.00 e. The van der Waals surface area contributed by atoms with Crippen molar-refractivity contribution >= 4 is 119 Å². The molecule has 0 aromatic rings. The molecule has 0 N–H and O–H groups in total. The predicted octanol–water partition coefficient (Wildman–Crippen LogP) is -3.50. The van der Waals surface area contributed by atoms with E-state index in [9.17, 15) is 10.6 Å². The van der Waals surface area contributed by atoms with Crippen molar-refractivity contribution in [1.29, 1.82) is 0 Å². The first-order chi connectivity index (χ1) is 1.73. The van der Waals surface area contributed by atoms with Crippen LogP contribution in [0.2, 0.25) is 0 Å². The summed E-state index contributed by atoms with van der Waals surface area (Å²) in [5.41, 5.74) is 0. The summed E-state index contributed by atoms with van der Waals surface area (Å²) in [6, 6.07) is 0. The summed E-state index contributed by atoms with van der Waals surface area (Å²) in [6.07, 6.45) is 0. The Hall–Kier alpha value is 4.30. The molecule has 0 aliphatic carbocycles. The van der Waals surface area contributed by atoms with E-state index in [1.807, 2.05) is 0 Å². The summed E-state index contributed by atoms with van der Waals surface area (Å²) >= 11 is -4.64. The first-order valence-corrected chi connectivity index (χ1v) is 1.96. The van der Waals surface area contributed by atoms with E-state index in [4.69, 9.17) is 0 Å². The fraction of sp³-hybridized carbons (Fsp3) is 0. The Labute approximate surface area is 151 Å². The van der Waals surface area contributed by atoms with Gasteiger partial charge in [0.15, 0.2) is 0 Å². The Bertz CT molecular complexity index is 36.5. The predicted molar refractivity (Wildman–Crippen MR) is 36.1 cm³/mol. The van der Waals surface area contributed by atoms with E-state index in [0.29, 0.717) is 0 Å². The van der Waals surface area contributed by atoms with Crippen molar-refractivity contribution in [3.05, 3.63) is 0 Å². The molecule has 8 heteroatoms. The maximum absolute atomic E-state index is 9.81. The zero-order valence-electron chi connectivity index (χ0n) is 9.13. The van der Waals surface area contributed by atoms with E-state index in [2.05, 4.69) is 0 Å². The zero-order chi connectivity index (χ0) is 3.58. The van der Waals surface area contributed by atoms with Crippen LogP contribution in [0.5, 0.6) is 0 Å². The van der Waals surface area contributed by atoms with Crippen molar-refractivity contribution in [2.45, 2.75) is 0 Å². The molecule has 0 saturated heterocycles. The third kappa shape index (κ3) is 48.2. The van der Waals surface area contributed by atoms with Gasteiger partial charge in [0.1, 0.15) is 0 Å². The fourth-order valence-electron chi connectivity index (χ4n) is 0. The van der Waals surface area contributed by atoms with Gasteiger partial charge in [0.2, 0.25) is 0 Å². The van der Waals surface area contributed by atoms with Crippen molar-refractivity contribution in [2.24, 2.45) is 0 Å². The van der Waals surface area contributed by atoms with Gasteiger partial charge in [0, 0.05) is 0 Å². The van der Waals surface area contributed by atoms with Crippen molar-refractivity contribution in [3.63, 3.8) is 0 Å². The SMILES string of the molecule is [Ca+2].[F][Al]([F])[F].[GaH3].[H-].[H-].[H-].[H-].[H-].[Li+].[Sr+2]. The van der Waals surface area contributed by atoms with E-state index in [1.165, 1.54) is 0 Å². The van der Waals surface area contributed by atoms with Crippen molar-refractivity contribution < 1.29 is 36.6 Å². The van der Waals surface area contributed by atoms with Crippen LogP contribution in [0.4, 0.5) is 10.6 Å². The molecular weight excluding hydrogens is 288 g/mol. The van der Waals surface area contributed by atoms with Gasteiger partial charge in [0.05, 0.1) is 0 Å². The molecule has 0 fully saturated rings. The molecule has 0 aliphatic heterocycles. The van der Waals surface area contributed by atoms with E-state index >= 15 is 0 Å². The van der Waals surface area contributed by atoms with Crippen molar-refractivity contribution in [1.82, 2.24) is 0 Å². The normalized spacial score (nSPS) is 3.38. The fourth-order valence-corrected chi connectivity index (χ4v) is 0. The molecule has 0 rings (SSSR count). The molecule has 0 amide bonds. The van der Waals surface area contributed by atoms with Crippen LogP contribution in [0.15, 0.2) is 0 Å². The molecule has 0 aromatic heterocycles. The first kappa shape index (κ1) is 29.5.